The number of hydrogen-bond acceptors (Lipinski definition) is 4. The van der Waals surface area contributed by atoms with E-state index in [4.69, 9.17) is 5.73 Å². The van der Waals surface area contributed by atoms with Crippen LogP contribution in [0.1, 0.15) is 11.3 Å². The lowest BCUT2D eigenvalue weighted by Gasteiger charge is -2.08. The van der Waals surface area contributed by atoms with E-state index in [9.17, 15) is 8.42 Å². The summed E-state index contributed by atoms with van der Waals surface area (Å²) in [6, 6.07) is 6.82. The fourth-order valence-corrected chi connectivity index (χ4v) is 3.34. The molecule has 0 atom stereocenters. The quantitative estimate of drug-likeness (QED) is 0.856. The Hall–Kier alpha value is -1.82. The van der Waals surface area contributed by atoms with Gasteiger partial charge in [-0.25, -0.2) is 8.42 Å². The molecule has 2 N–H and O–H groups in total. The van der Waals surface area contributed by atoms with Crippen LogP contribution >= 0.6 is 0 Å². The molecule has 1 aromatic carbocycles. The second-order valence-corrected chi connectivity index (χ2v) is 6.63. The molecule has 2 rings (SSSR count). The zero-order valence-corrected chi connectivity index (χ0v) is 11.8. The molecule has 0 spiro atoms. The standard InChI is InChI=1S/C13H17N3O2S/c1-10-3-4-13(12(14)9-10)19(17,18)8-6-11-5-7-15-16(11)2/h3-5,7,9H,6,8,14H2,1-2H3. The highest BCUT2D eigenvalue weighted by Crippen LogP contribution is 2.21. The van der Waals surface area contributed by atoms with Crippen LogP contribution in [-0.4, -0.2) is 24.0 Å². The molecule has 0 saturated carbocycles. The van der Waals surface area contributed by atoms with Crippen LogP contribution in [0.4, 0.5) is 5.69 Å². The second kappa shape index (κ2) is 5.05. The fraction of sp³-hybridized carbons (Fsp3) is 0.308. The van der Waals surface area contributed by atoms with E-state index in [0.717, 1.165) is 11.3 Å². The first-order valence-corrected chi connectivity index (χ1v) is 7.61. The van der Waals surface area contributed by atoms with Gasteiger partial charge in [-0.1, -0.05) is 6.07 Å². The SMILES string of the molecule is Cc1ccc(S(=O)(=O)CCc2ccnn2C)c(N)c1. The smallest absolute Gasteiger partial charge is 0.180 e. The van der Waals surface area contributed by atoms with Gasteiger partial charge in [0.05, 0.1) is 16.3 Å². The minimum atomic E-state index is -3.37. The van der Waals surface area contributed by atoms with Gasteiger partial charge in [-0.2, -0.15) is 5.10 Å². The number of aryl methyl sites for hydroxylation is 3. The maximum atomic E-state index is 12.3. The largest absolute Gasteiger partial charge is 0.398 e. The van der Waals surface area contributed by atoms with Crippen molar-refractivity contribution < 1.29 is 8.42 Å². The summed E-state index contributed by atoms with van der Waals surface area (Å²) in [6.45, 7) is 1.88. The average Bonchev–Trinajstić information content (AvgIpc) is 2.72. The number of benzene rings is 1. The van der Waals surface area contributed by atoms with E-state index in [1.807, 2.05) is 13.0 Å². The number of aromatic nitrogens is 2. The topological polar surface area (TPSA) is 78.0 Å². The van der Waals surface area contributed by atoms with E-state index in [-0.39, 0.29) is 10.6 Å². The van der Waals surface area contributed by atoms with Crippen molar-refractivity contribution in [2.45, 2.75) is 18.2 Å². The molecule has 0 unspecified atom stereocenters. The van der Waals surface area contributed by atoms with Crippen LogP contribution in [0.15, 0.2) is 35.4 Å². The Kier molecular flexibility index (Phi) is 3.61. The molecule has 0 aliphatic heterocycles. The van der Waals surface area contributed by atoms with E-state index < -0.39 is 9.84 Å². The minimum Gasteiger partial charge on any atom is -0.398 e. The number of nitrogens with zero attached hydrogens (tertiary/aromatic N) is 2. The van der Waals surface area contributed by atoms with E-state index >= 15 is 0 Å². The first-order chi connectivity index (χ1) is 8.90. The molecule has 5 nitrogen and oxygen atoms in total. The van der Waals surface area contributed by atoms with Gasteiger partial charge < -0.3 is 5.73 Å². The molecule has 19 heavy (non-hydrogen) atoms. The van der Waals surface area contributed by atoms with E-state index in [0.29, 0.717) is 12.1 Å². The number of nitrogens with two attached hydrogens (primary N) is 1. The summed E-state index contributed by atoms with van der Waals surface area (Å²) in [6.07, 6.45) is 2.08. The molecular weight excluding hydrogens is 262 g/mol. The molecule has 2 aromatic rings. The normalized spacial score (nSPS) is 11.7. The van der Waals surface area contributed by atoms with Crippen LogP contribution in [-0.2, 0) is 23.3 Å². The van der Waals surface area contributed by atoms with Gasteiger partial charge in [0.1, 0.15) is 0 Å². The maximum absolute atomic E-state index is 12.3. The first-order valence-electron chi connectivity index (χ1n) is 5.96. The van der Waals surface area contributed by atoms with Crippen molar-refractivity contribution in [3.63, 3.8) is 0 Å². The van der Waals surface area contributed by atoms with E-state index in [1.165, 1.54) is 0 Å². The fourth-order valence-electron chi connectivity index (χ4n) is 1.95. The van der Waals surface area contributed by atoms with Crippen LogP contribution < -0.4 is 5.73 Å². The highest BCUT2D eigenvalue weighted by molar-refractivity contribution is 7.91. The summed E-state index contributed by atoms with van der Waals surface area (Å²) in [5.41, 5.74) is 7.93. The summed E-state index contributed by atoms with van der Waals surface area (Å²) in [7, 11) is -1.57. The Morgan fingerprint density at radius 2 is 2.05 bits per heavy atom. The molecule has 0 radical (unpaired) electrons. The Balaban J connectivity index is 2.21. The summed E-state index contributed by atoms with van der Waals surface area (Å²) in [5, 5.41) is 4.02. The minimum absolute atomic E-state index is 0.0276. The molecule has 0 amide bonds. The van der Waals surface area contributed by atoms with Gasteiger partial charge in [-0.15, -0.1) is 0 Å². The molecule has 1 heterocycles. The Morgan fingerprint density at radius 1 is 1.32 bits per heavy atom. The van der Waals surface area contributed by atoms with Crippen molar-refractivity contribution in [3.05, 3.63) is 41.7 Å². The molecule has 0 bridgehead atoms. The van der Waals surface area contributed by atoms with Crippen molar-refractivity contribution in [1.29, 1.82) is 0 Å². The second-order valence-electron chi connectivity index (χ2n) is 4.56. The van der Waals surface area contributed by atoms with Crippen LogP contribution in [0.3, 0.4) is 0 Å². The molecular formula is C13H17N3O2S. The Bertz CT molecular complexity index is 690. The van der Waals surface area contributed by atoms with Gasteiger partial charge >= 0.3 is 0 Å². The lowest BCUT2D eigenvalue weighted by atomic mass is 10.2. The van der Waals surface area contributed by atoms with Crippen LogP contribution in [0.25, 0.3) is 0 Å². The summed E-state index contributed by atoms with van der Waals surface area (Å²) >= 11 is 0. The van der Waals surface area contributed by atoms with Gasteiger partial charge in [0, 0.05) is 25.4 Å². The monoisotopic (exact) mass is 279 g/mol. The molecule has 0 saturated heterocycles. The highest BCUT2D eigenvalue weighted by atomic mass is 32.2. The molecule has 0 fully saturated rings. The third-order valence-corrected chi connectivity index (χ3v) is 4.83. The van der Waals surface area contributed by atoms with Gasteiger partial charge in [0.25, 0.3) is 0 Å². The summed E-state index contributed by atoms with van der Waals surface area (Å²) in [4.78, 5) is 0.209. The molecule has 102 valence electrons. The van der Waals surface area contributed by atoms with Crippen LogP contribution in [0.5, 0.6) is 0 Å². The maximum Gasteiger partial charge on any atom is 0.180 e. The predicted molar refractivity (Wildman–Crippen MR) is 74.6 cm³/mol. The van der Waals surface area contributed by atoms with Crippen LogP contribution in [0.2, 0.25) is 0 Å². The number of hydrogen-bond donors (Lipinski definition) is 1. The summed E-state index contributed by atoms with van der Waals surface area (Å²) in [5.74, 6) is 0.0276. The number of nitrogen functional groups attached to an aromatic ring is 1. The molecule has 0 aliphatic carbocycles. The molecule has 1 aromatic heterocycles. The van der Waals surface area contributed by atoms with E-state index in [1.54, 1.807) is 36.1 Å². The molecule has 6 heteroatoms. The predicted octanol–water partition coefficient (Wildman–Crippen LogP) is 1.33. The molecule has 0 aliphatic rings. The van der Waals surface area contributed by atoms with Crippen molar-refractivity contribution in [3.8, 4) is 0 Å². The Morgan fingerprint density at radius 3 is 2.63 bits per heavy atom. The van der Waals surface area contributed by atoms with Gasteiger partial charge in [-0.3, -0.25) is 4.68 Å². The third-order valence-electron chi connectivity index (χ3n) is 3.05. The van der Waals surface area contributed by atoms with Crippen LogP contribution in [0, 0.1) is 6.92 Å². The van der Waals surface area contributed by atoms with Crippen molar-refractivity contribution >= 4 is 15.5 Å². The zero-order valence-electron chi connectivity index (χ0n) is 11.0. The number of sulfone groups is 1. The van der Waals surface area contributed by atoms with Crippen molar-refractivity contribution in [2.24, 2.45) is 7.05 Å². The van der Waals surface area contributed by atoms with Gasteiger partial charge in [-0.05, 0) is 30.7 Å². The number of rotatable bonds is 4. The highest BCUT2D eigenvalue weighted by Gasteiger charge is 2.18. The Labute approximate surface area is 113 Å². The lowest BCUT2D eigenvalue weighted by molar-refractivity contribution is 0.594. The zero-order chi connectivity index (χ0) is 14.0. The van der Waals surface area contributed by atoms with Gasteiger partial charge in [0.15, 0.2) is 9.84 Å². The van der Waals surface area contributed by atoms with Crippen molar-refractivity contribution in [2.75, 3.05) is 11.5 Å². The van der Waals surface area contributed by atoms with E-state index in [2.05, 4.69) is 5.10 Å². The average molecular weight is 279 g/mol. The first kappa shape index (κ1) is 13.6. The number of anilines is 1. The van der Waals surface area contributed by atoms with Gasteiger partial charge in [0.2, 0.25) is 0 Å². The third kappa shape index (κ3) is 2.96. The lowest BCUT2D eigenvalue weighted by Crippen LogP contribution is -2.13. The summed E-state index contributed by atoms with van der Waals surface area (Å²) < 4.78 is 26.2. The van der Waals surface area contributed by atoms with Crippen molar-refractivity contribution in [1.82, 2.24) is 9.78 Å².